The first-order chi connectivity index (χ1) is 9.92. The molecular weight excluding hydrogens is 258 g/mol. The second-order valence-electron chi connectivity index (χ2n) is 8.69. The van der Waals surface area contributed by atoms with Crippen LogP contribution >= 0.6 is 0 Å². The molecule has 1 aliphatic carbocycles. The van der Waals surface area contributed by atoms with Crippen LogP contribution in [0.5, 0.6) is 0 Å². The fraction of sp³-hybridized carbons (Fsp3) is 0.944. The largest absolute Gasteiger partial charge is 0.309 e. The van der Waals surface area contributed by atoms with E-state index in [0.717, 1.165) is 31.2 Å². The summed E-state index contributed by atoms with van der Waals surface area (Å²) < 4.78 is 0. The van der Waals surface area contributed by atoms with Gasteiger partial charge in [0.15, 0.2) is 0 Å². The molecule has 0 amide bonds. The molecule has 3 heteroatoms. The molecule has 0 spiro atoms. The van der Waals surface area contributed by atoms with Crippen LogP contribution in [-0.4, -0.2) is 53.6 Å². The highest BCUT2D eigenvalue weighted by Crippen LogP contribution is 2.38. The van der Waals surface area contributed by atoms with E-state index in [4.69, 9.17) is 6.57 Å². The van der Waals surface area contributed by atoms with E-state index < -0.39 is 0 Å². The van der Waals surface area contributed by atoms with Crippen molar-refractivity contribution >= 4 is 0 Å². The van der Waals surface area contributed by atoms with E-state index in [1.54, 1.807) is 0 Å². The summed E-state index contributed by atoms with van der Waals surface area (Å²) in [6, 6.07) is 0. The Morgan fingerprint density at radius 2 is 1.57 bits per heavy atom. The lowest BCUT2D eigenvalue weighted by Crippen LogP contribution is -2.44. The van der Waals surface area contributed by atoms with Crippen molar-refractivity contribution in [2.45, 2.75) is 64.0 Å². The zero-order chi connectivity index (χ0) is 15.1. The number of hydrogen-bond acceptors (Lipinski definition) is 2. The van der Waals surface area contributed by atoms with Gasteiger partial charge in [0, 0.05) is 44.6 Å². The number of nitrogens with zero attached hydrogens (tertiary/aromatic N) is 3. The minimum Gasteiger partial charge on any atom is -0.309 e. The third-order valence-corrected chi connectivity index (χ3v) is 6.05. The van der Waals surface area contributed by atoms with Crippen molar-refractivity contribution in [3.05, 3.63) is 11.4 Å². The first-order valence-electron chi connectivity index (χ1n) is 8.78. The number of likely N-dealkylation sites (tertiary alicyclic amines) is 2. The smallest absolute Gasteiger partial charge is 0.245 e. The van der Waals surface area contributed by atoms with Gasteiger partial charge in [0.25, 0.3) is 0 Å². The van der Waals surface area contributed by atoms with E-state index in [1.807, 2.05) is 0 Å². The summed E-state index contributed by atoms with van der Waals surface area (Å²) in [5, 5.41) is 0. The van der Waals surface area contributed by atoms with Gasteiger partial charge in [0.1, 0.15) is 0 Å². The van der Waals surface area contributed by atoms with Gasteiger partial charge in [-0.25, -0.2) is 6.57 Å². The molecule has 0 aromatic rings. The lowest BCUT2D eigenvalue weighted by atomic mass is 9.82. The van der Waals surface area contributed by atoms with Crippen LogP contribution < -0.4 is 0 Å². The Labute approximate surface area is 130 Å². The number of rotatable bonds is 2. The minimum atomic E-state index is -0.0411. The zero-order valence-corrected chi connectivity index (χ0v) is 14.1. The Kier molecular flexibility index (Phi) is 4.05. The van der Waals surface area contributed by atoms with Crippen LogP contribution in [0.2, 0.25) is 0 Å². The van der Waals surface area contributed by atoms with Gasteiger partial charge in [0.05, 0.1) is 6.54 Å². The van der Waals surface area contributed by atoms with Crippen LogP contribution in [0.4, 0.5) is 0 Å². The van der Waals surface area contributed by atoms with Crippen molar-refractivity contribution < 1.29 is 0 Å². The molecular formula is C18H31N3. The Morgan fingerprint density at radius 1 is 1.00 bits per heavy atom. The molecule has 0 N–H and O–H groups in total. The maximum Gasteiger partial charge on any atom is 0.245 e. The molecule has 118 valence electrons. The Balaban J connectivity index is 1.57. The van der Waals surface area contributed by atoms with E-state index in [-0.39, 0.29) is 5.54 Å². The summed E-state index contributed by atoms with van der Waals surface area (Å²) in [6.45, 7) is 20.7. The second-order valence-corrected chi connectivity index (χ2v) is 8.69. The summed E-state index contributed by atoms with van der Waals surface area (Å²) in [7, 11) is 0. The maximum atomic E-state index is 7.67. The first-order valence-corrected chi connectivity index (χ1v) is 8.78. The van der Waals surface area contributed by atoms with E-state index in [0.29, 0.717) is 5.54 Å². The van der Waals surface area contributed by atoms with E-state index in [9.17, 15) is 0 Å². The normalized spacial score (nSPS) is 33.8. The van der Waals surface area contributed by atoms with Gasteiger partial charge in [-0.2, -0.15) is 0 Å². The summed E-state index contributed by atoms with van der Waals surface area (Å²) in [5.74, 6) is 1.69. The molecule has 2 saturated heterocycles. The van der Waals surface area contributed by atoms with Crippen LogP contribution in [-0.2, 0) is 0 Å². The predicted molar refractivity (Wildman–Crippen MR) is 87.2 cm³/mol. The van der Waals surface area contributed by atoms with Crippen LogP contribution in [0.1, 0.15) is 52.9 Å². The molecule has 0 bridgehead atoms. The third-order valence-electron chi connectivity index (χ3n) is 6.05. The van der Waals surface area contributed by atoms with Crippen LogP contribution in [0.15, 0.2) is 0 Å². The summed E-state index contributed by atoms with van der Waals surface area (Å²) >= 11 is 0. The average molecular weight is 289 g/mol. The van der Waals surface area contributed by atoms with Gasteiger partial charge in [-0.05, 0) is 45.4 Å². The predicted octanol–water partition coefficient (Wildman–Crippen LogP) is 3.27. The van der Waals surface area contributed by atoms with E-state index in [1.165, 1.54) is 45.4 Å². The summed E-state index contributed by atoms with van der Waals surface area (Å²) in [4.78, 5) is 9.37. The molecule has 3 fully saturated rings. The molecule has 3 aliphatic rings. The van der Waals surface area contributed by atoms with Crippen molar-refractivity contribution in [2.75, 3.05) is 32.7 Å². The van der Waals surface area contributed by atoms with E-state index in [2.05, 4.69) is 35.4 Å². The fourth-order valence-corrected chi connectivity index (χ4v) is 4.70. The Bertz CT molecular complexity index is 397. The monoisotopic (exact) mass is 289 g/mol. The van der Waals surface area contributed by atoms with Crippen molar-refractivity contribution in [3.63, 3.8) is 0 Å². The lowest BCUT2D eigenvalue weighted by molar-refractivity contribution is 0.142. The van der Waals surface area contributed by atoms with Crippen molar-refractivity contribution in [2.24, 2.45) is 11.8 Å². The molecule has 2 aliphatic heterocycles. The van der Waals surface area contributed by atoms with Crippen LogP contribution in [0.25, 0.3) is 4.85 Å². The summed E-state index contributed by atoms with van der Waals surface area (Å²) in [6.07, 6.45) is 6.14. The average Bonchev–Trinajstić information content (AvgIpc) is 2.97. The number of fused-ring (bicyclic) bond motifs is 1. The topological polar surface area (TPSA) is 10.8 Å². The number of hydrogen-bond donors (Lipinski definition) is 0. The second kappa shape index (κ2) is 5.56. The molecule has 0 aromatic carbocycles. The van der Waals surface area contributed by atoms with Crippen molar-refractivity contribution in [3.8, 4) is 0 Å². The van der Waals surface area contributed by atoms with E-state index >= 15 is 0 Å². The Morgan fingerprint density at radius 3 is 2.05 bits per heavy atom. The Hall–Kier alpha value is -0.590. The molecule has 1 saturated carbocycles. The van der Waals surface area contributed by atoms with Gasteiger partial charge in [-0.1, -0.05) is 6.42 Å². The molecule has 21 heavy (non-hydrogen) atoms. The molecule has 0 aromatic heterocycles. The van der Waals surface area contributed by atoms with Crippen molar-refractivity contribution in [1.29, 1.82) is 0 Å². The van der Waals surface area contributed by atoms with Gasteiger partial charge in [-0.3, -0.25) is 9.80 Å². The standard InChI is InChI=1S/C18H31N3/c1-17(2,3)21-12-15-10-20(11-16(15)13-21)14-18(19-4)8-6-5-7-9-18/h15-16H,5-14H2,1-3H3/t15-,16+. The molecule has 0 unspecified atom stereocenters. The molecule has 3 nitrogen and oxygen atoms in total. The highest BCUT2D eigenvalue weighted by molar-refractivity contribution is 5.05. The van der Waals surface area contributed by atoms with Gasteiger partial charge in [-0.15, -0.1) is 0 Å². The molecule has 0 radical (unpaired) electrons. The van der Waals surface area contributed by atoms with Gasteiger partial charge < -0.3 is 4.85 Å². The summed E-state index contributed by atoms with van der Waals surface area (Å²) in [5.41, 5.74) is 0.275. The van der Waals surface area contributed by atoms with Crippen molar-refractivity contribution in [1.82, 2.24) is 9.80 Å². The maximum absolute atomic E-state index is 7.67. The molecule has 2 atom stereocenters. The van der Waals surface area contributed by atoms with Crippen LogP contribution in [0, 0.1) is 18.4 Å². The fourth-order valence-electron chi connectivity index (χ4n) is 4.70. The highest BCUT2D eigenvalue weighted by atomic mass is 15.3. The quantitative estimate of drug-likeness (QED) is 0.723. The SMILES string of the molecule is [C-]#[N+]C1(CN2C[C@@H]3CN(C(C)(C)C)C[C@@H]3C2)CCCCC1. The van der Waals surface area contributed by atoms with Gasteiger partial charge in [0.2, 0.25) is 5.54 Å². The molecule has 2 heterocycles. The zero-order valence-electron chi connectivity index (χ0n) is 14.1. The highest BCUT2D eigenvalue weighted by Gasteiger charge is 2.47. The first kappa shape index (κ1) is 15.3. The minimum absolute atomic E-state index is 0.0411. The third kappa shape index (κ3) is 3.12. The van der Waals surface area contributed by atoms with Gasteiger partial charge >= 0.3 is 0 Å². The van der Waals surface area contributed by atoms with Crippen LogP contribution in [0.3, 0.4) is 0 Å². The molecule has 3 rings (SSSR count). The lowest BCUT2D eigenvalue weighted by Gasteiger charge is -2.34.